The maximum Gasteiger partial charge on any atom is 0.224 e. The van der Waals surface area contributed by atoms with Crippen molar-refractivity contribution in [1.82, 2.24) is 10.6 Å². The predicted octanol–water partition coefficient (Wildman–Crippen LogP) is 0.427. The smallest absolute Gasteiger partial charge is 0.224 e. The predicted molar refractivity (Wildman–Crippen MR) is 53.6 cm³/mol. The van der Waals surface area contributed by atoms with E-state index < -0.39 is 0 Å². The monoisotopic (exact) mass is 198 g/mol. The van der Waals surface area contributed by atoms with E-state index in [0.29, 0.717) is 13.0 Å². The molecule has 1 aliphatic rings. The fourth-order valence-electron chi connectivity index (χ4n) is 1.48. The van der Waals surface area contributed by atoms with Crippen molar-refractivity contribution in [3.05, 3.63) is 0 Å². The van der Waals surface area contributed by atoms with Gasteiger partial charge in [0.2, 0.25) is 11.8 Å². The lowest BCUT2D eigenvalue weighted by molar-refractivity contribution is -0.133. The quantitative estimate of drug-likeness (QED) is 0.642. The van der Waals surface area contributed by atoms with Crippen molar-refractivity contribution >= 4 is 11.8 Å². The number of nitrogens with one attached hydrogen (secondary N) is 2. The molecule has 0 spiro atoms. The molecule has 0 aromatic carbocycles. The van der Waals surface area contributed by atoms with Gasteiger partial charge in [-0.05, 0) is 27.2 Å². The standard InChI is InChI=1S/C10H18N2O2/c1-10(2,3)12-9(14)7-4-5-11-8(13)6-7/h7H,4-6H2,1-3H3,(H,11,13)(H,12,14). The molecule has 80 valence electrons. The summed E-state index contributed by atoms with van der Waals surface area (Å²) in [4.78, 5) is 22.7. The van der Waals surface area contributed by atoms with Gasteiger partial charge in [0.15, 0.2) is 0 Å². The van der Waals surface area contributed by atoms with Gasteiger partial charge in [-0.15, -0.1) is 0 Å². The summed E-state index contributed by atoms with van der Waals surface area (Å²) in [5.74, 6) is -0.180. The van der Waals surface area contributed by atoms with Gasteiger partial charge in [0, 0.05) is 24.4 Å². The molecule has 1 rings (SSSR count). The number of carbonyl (C=O) groups is 2. The van der Waals surface area contributed by atoms with Crippen LogP contribution >= 0.6 is 0 Å². The highest BCUT2D eigenvalue weighted by molar-refractivity contribution is 5.87. The van der Waals surface area contributed by atoms with Crippen molar-refractivity contribution in [2.24, 2.45) is 5.92 Å². The molecule has 4 heteroatoms. The van der Waals surface area contributed by atoms with Crippen LogP contribution in [-0.4, -0.2) is 23.9 Å². The zero-order valence-corrected chi connectivity index (χ0v) is 9.02. The molecule has 1 aliphatic heterocycles. The fourth-order valence-corrected chi connectivity index (χ4v) is 1.48. The Morgan fingerprint density at radius 2 is 2.14 bits per heavy atom. The highest BCUT2D eigenvalue weighted by Crippen LogP contribution is 2.14. The zero-order chi connectivity index (χ0) is 10.8. The second-order valence-electron chi connectivity index (χ2n) is 4.78. The second-order valence-corrected chi connectivity index (χ2v) is 4.78. The highest BCUT2D eigenvalue weighted by atomic mass is 16.2. The van der Waals surface area contributed by atoms with E-state index in [1.165, 1.54) is 0 Å². The Balaban J connectivity index is 2.48. The molecule has 1 heterocycles. The molecule has 0 aliphatic carbocycles. The summed E-state index contributed by atoms with van der Waals surface area (Å²) in [7, 11) is 0. The number of amides is 2. The summed E-state index contributed by atoms with van der Waals surface area (Å²) in [6.45, 7) is 6.43. The summed E-state index contributed by atoms with van der Waals surface area (Å²) in [5, 5.41) is 5.60. The first-order valence-corrected chi connectivity index (χ1v) is 4.97. The van der Waals surface area contributed by atoms with Crippen LogP contribution in [0.2, 0.25) is 0 Å². The summed E-state index contributed by atoms with van der Waals surface area (Å²) in [6, 6.07) is 0. The lowest BCUT2D eigenvalue weighted by Gasteiger charge is -2.26. The molecule has 1 atom stereocenters. The summed E-state index contributed by atoms with van der Waals surface area (Å²) < 4.78 is 0. The summed E-state index contributed by atoms with van der Waals surface area (Å²) in [6.07, 6.45) is 1.07. The van der Waals surface area contributed by atoms with Gasteiger partial charge in [0.05, 0.1) is 0 Å². The maximum atomic E-state index is 11.7. The van der Waals surface area contributed by atoms with Gasteiger partial charge < -0.3 is 10.6 Å². The topological polar surface area (TPSA) is 58.2 Å². The van der Waals surface area contributed by atoms with Crippen molar-refractivity contribution in [3.63, 3.8) is 0 Å². The van der Waals surface area contributed by atoms with E-state index in [0.717, 1.165) is 6.42 Å². The Hall–Kier alpha value is -1.06. The molecule has 0 bridgehead atoms. The average molecular weight is 198 g/mol. The summed E-state index contributed by atoms with van der Waals surface area (Å²) in [5.41, 5.74) is -0.217. The Bertz CT molecular complexity index is 243. The van der Waals surface area contributed by atoms with Gasteiger partial charge >= 0.3 is 0 Å². The van der Waals surface area contributed by atoms with E-state index >= 15 is 0 Å². The molecule has 2 N–H and O–H groups in total. The van der Waals surface area contributed by atoms with Crippen LogP contribution in [0.1, 0.15) is 33.6 Å². The van der Waals surface area contributed by atoms with Crippen LogP contribution < -0.4 is 10.6 Å². The molecule has 0 saturated carbocycles. The van der Waals surface area contributed by atoms with Crippen LogP contribution in [0, 0.1) is 5.92 Å². The highest BCUT2D eigenvalue weighted by Gasteiger charge is 2.27. The number of carbonyl (C=O) groups excluding carboxylic acids is 2. The molecule has 1 unspecified atom stereocenters. The van der Waals surface area contributed by atoms with Crippen LogP contribution in [-0.2, 0) is 9.59 Å². The molecule has 0 aromatic rings. The molecule has 4 nitrogen and oxygen atoms in total. The minimum absolute atomic E-state index is 0.00708. The van der Waals surface area contributed by atoms with Crippen molar-refractivity contribution in [1.29, 1.82) is 0 Å². The van der Waals surface area contributed by atoms with Gasteiger partial charge in [-0.1, -0.05) is 0 Å². The Morgan fingerprint density at radius 1 is 1.50 bits per heavy atom. The van der Waals surface area contributed by atoms with E-state index in [1.54, 1.807) is 0 Å². The molecular weight excluding hydrogens is 180 g/mol. The number of piperidine rings is 1. The van der Waals surface area contributed by atoms with Gasteiger partial charge in [0.25, 0.3) is 0 Å². The molecule has 1 saturated heterocycles. The van der Waals surface area contributed by atoms with Crippen LogP contribution in [0.3, 0.4) is 0 Å². The largest absolute Gasteiger partial charge is 0.356 e. The minimum Gasteiger partial charge on any atom is -0.356 e. The minimum atomic E-state index is -0.217. The lowest BCUT2D eigenvalue weighted by Crippen LogP contribution is -2.47. The van der Waals surface area contributed by atoms with Crippen molar-refractivity contribution in [3.8, 4) is 0 Å². The number of rotatable bonds is 1. The van der Waals surface area contributed by atoms with E-state index in [9.17, 15) is 9.59 Å². The van der Waals surface area contributed by atoms with Crippen LogP contribution in [0.15, 0.2) is 0 Å². The first kappa shape index (κ1) is 11.0. The van der Waals surface area contributed by atoms with Gasteiger partial charge in [-0.25, -0.2) is 0 Å². The molecule has 14 heavy (non-hydrogen) atoms. The van der Waals surface area contributed by atoms with Crippen molar-refractivity contribution < 1.29 is 9.59 Å². The number of hydrogen-bond acceptors (Lipinski definition) is 2. The fraction of sp³-hybridized carbons (Fsp3) is 0.800. The molecule has 0 radical (unpaired) electrons. The summed E-state index contributed by atoms with van der Waals surface area (Å²) >= 11 is 0. The molecule has 2 amide bonds. The van der Waals surface area contributed by atoms with Gasteiger partial charge in [-0.2, -0.15) is 0 Å². The average Bonchev–Trinajstić information content (AvgIpc) is 2.01. The van der Waals surface area contributed by atoms with Crippen LogP contribution in [0.25, 0.3) is 0 Å². The van der Waals surface area contributed by atoms with E-state index in [2.05, 4.69) is 10.6 Å². The van der Waals surface area contributed by atoms with Crippen molar-refractivity contribution in [2.75, 3.05) is 6.54 Å². The third kappa shape index (κ3) is 3.36. The zero-order valence-electron chi connectivity index (χ0n) is 9.02. The molecular formula is C10H18N2O2. The molecule has 1 fully saturated rings. The Kier molecular flexibility index (Phi) is 3.13. The number of hydrogen-bond donors (Lipinski definition) is 2. The SMILES string of the molecule is CC(C)(C)NC(=O)C1CCNC(=O)C1. The van der Waals surface area contributed by atoms with E-state index in [1.807, 2.05) is 20.8 Å². The van der Waals surface area contributed by atoms with Crippen LogP contribution in [0.4, 0.5) is 0 Å². The maximum absolute atomic E-state index is 11.7. The first-order valence-electron chi connectivity index (χ1n) is 4.97. The normalized spacial score (nSPS) is 22.8. The first-order chi connectivity index (χ1) is 6.38. The third-order valence-electron chi connectivity index (χ3n) is 2.12. The third-order valence-corrected chi connectivity index (χ3v) is 2.12. The van der Waals surface area contributed by atoms with Gasteiger partial charge in [0.1, 0.15) is 0 Å². The van der Waals surface area contributed by atoms with E-state index in [-0.39, 0.29) is 23.3 Å². The second kappa shape index (κ2) is 3.98. The molecule has 0 aromatic heterocycles. The lowest BCUT2D eigenvalue weighted by atomic mass is 9.95. The van der Waals surface area contributed by atoms with E-state index in [4.69, 9.17) is 0 Å². The van der Waals surface area contributed by atoms with Gasteiger partial charge in [-0.3, -0.25) is 9.59 Å². The van der Waals surface area contributed by atoms with Crippen LogP contribution in [0.5, 0.6) is 0 Å². The Morgan fingerprint density at radius 3 is 2.64 bits per heavy atom. The Labute approximate surface area is 84.4 Å². The van der Waals surface area contributed by atoms with Crippen molar-refractivity contribution in [2.45, 2.75) is 39.2 Å².